The van der Waals surface area contributed by atoms with Crippen LogP contribution in [0, 0.1) is 11.7 Å². The first-order chi connectivity index (χ1) is 9.69. The molecule has 2 rings (SSSR count). The van der Waals surface area contributed by atoms with Crippen LogP contribution < -0.4 is 5.73 Å². The van der Waals surface area contributed by atoms with Crippen LogP contribution in [-0.2, 0) is 0 Å². The average Bonchev–Trinajstić information content (AvgIpc) is 2.71. The van der Waals surface area contributed by atoms with Gasteiger partial charge in [-0.2, -0.15) is 17.9 Å². The van der Waals surface area contributed by atoms with E-state index >= 15 is 0 Å². The lowest BCUT2D eigenvalue weighted by molar-refractivity contribution is -0.0329. The molecule has 114 valence electrons. The van der Waals surface area contributed by atoms with Gasteiger partial charge < -0.3 is 5.73 Å². The molecule has 2 N–H and O–H groups in total. The van der Waals surface area contributed by atoms with Crippen LogP contribution in [0.1, 0.15) is 11.7 Å². The van der Waals surface area contributed by atoms with E-state index in [9.17, 15) is 22.4 Å². The van der Waals surface area contributed by atoms with Gasteiger partial charge >= 0.3 is 5.51 Å². The van der Waals surface area contributed by atoms with Crippen molar-refractivity contribution in [2.75, 3.05) is 11.5 Å². The second-order valence-corrected chi connectivity index (χ2v) is 5.54. The number of thioether (sulfide) groups is 1. The maximum absolute atomic E-state index is 13.1. The van der Waals surface area contributed by atoms with Gasteiger partial charge in [-0.05, 0) is 18.2 Å². The molecule has 0 fully saturated rings. The molecular weight excluding hydrogens is 310 g/mol. The second-order valence-electron chi connectivity index (χ2n) is 4.45. The van der Waals surface area contributed by atoms with Crippen molar-refractivity contribution >= 4 is 34.4 Å². The van der Waals surface area contributed by atoms with Crippen molar-refractivity contribution in [3.63, 3.8) is 0 Å². The van der Waals surface area contributed by atoms with Crippen LogP contribution in [0.2, 0.25) is 0 Å². The Morgan fingerprint density at radius 2 is 2.14 bits per heavy atom. The highest BCUT2D eigenvalue weighted by atomic mass is 32.2. The summed E-state index contributed by atoms with van der Waals surface area (Å²) in [5, 5.41) is 4.03. The summed E-state index contributed by atoms with van der Waals surface area (Å²) in [6.07, 6.45) is 0. The fourth-order valence-corrected chi connectivity index (χ4v) is 2.36. The number of rotatable bonds is 3. The number of halogens is 4. The van der Waals surface area contributed by atoms with Crippen LogP contribution in [0.5, 0.6) is 0 Å². The Labute approximate surface area is 121 Å². The van der Waals surface area contributed by atoms with E-state index in [1.165, 1.54) is 13.0 Å². The Morgan fingerprint density at radius 3 is 2.76 bits per heavy atom. The lowest BCUT2D eigenvalue weighted by atomic mass is 10.2. The highest BCUT2D eigenvalue weighted by Crippen LogP contribution is 2.32. The number of carbonyl (C=O) groups is 1. The van der Waals surface area contributed by atoms with Gasteiger partial charge in [0.15, 0.2) is 5.82 Å². The molecule has 0 aliphatic rings. The van der Waals surface area contributed by atoms with Crippen LogP contribution in [-0.4, -0.2) is 26.9 Å². The van der Waals surface area contributed by atoms with E-state index in [1.54, 1.807) is 0 Å². The van der Waals surface area contributed by atoms with Gasteiger partial charge in [0.05, 0.1) is 5.52 Å². The number of hydrogen-bond acceptors (Lipinski definition) is 4. The van der Waals surface area contributed by atoms with Gasteiger partial charge in [-0.1, -0.05) is 18.7 Å². The molecule has 0 aliphatic heterocycles. The SMILES string of the molecule is CC(CSC(F)(F)F)C(=O)n1nc(N)c2cc(F)ccc21. The summed E-state index contributed by atoms with van der Waals surface area (Å²) in [4.78, 5) is 12.1. The number of nitrogens with zero attached hydrogens (tertiary/aromatic N) is 2. The molecule has 1 unspecified atom stereocenters. The molecule has 0 amide bonds. The molecule has 0 radical (unpaired) electrons. The van der Waals surface area contributed by atoms with Gasteiger partial charge in [-0.25, -0.2) is 4.39 Å². The summed E-state index contributed by atoms with van der Waals surface area (Å²) in [5.41, 5.74) is 1.46. The van der Waals surface area contributed by atoms with Gasteiger partial charge in [0, 0.05) is 17.1 Å². The lowest BCUT2D eigenvalue weighted by Crippen LogP contribution is -2.23. The van der Waals surface area contributed by atoms with Crippen LogP contribution in [0.4, 0.5) is 23.4 Å². The zero-order valence-electron chi connectivity index (χ0n) is 10.8. The molecule has 0 saturated heterocycles. The Balaban J connectivity index is 2.27. The van der Waals surface area contributed by atoms with Crippen LogP contribution in [0.3, 0.4) is 0 Å². The molecule has 0 aliphatic carbocycles. The zero-order valence-corrected chi connectivity index (χ0v) is 11.6. The van der Waals surface area contributed by atoms with E-state index in [4.69, 9.17) is 5.73 Å². The number of alkyl halides is 3. The largest absolute Gasteiger partial charge is 0.441 e. The molecule has 1 aromatic heterocycles. The molecule has 4 nitrogen and oxygen atoms in total. The van der Waals surface area contributed by atoms with Gasteiger partial charge in [0.1, 0.15) is 5.82 Å². The average molecular weight is 321 g/mol. The van der Waals surface area contributed by atoms with E-state index in [1.807, 2.05) is 0 Å². The number of aromatic nitrogens is 2. The summed E-state index contributed by atoms with van der Waals surface area (Å²) in [7, 11) is 0. The zero-order chi connectivity index (χ0) is 15.8. The van der Waals surface area contributed by atoms with E-state index in [0.717, 1.165) is 16.8 Å². The number of nitrogen functional groups attached to an aromatic ring is 1. The fraction of sp³-hybridized carbons (Fsp3) is 0.333. The fourth-order valence-electron chi connectivity index (χ4n) is 1.78. The molecule has 9 heteroatoms. The molecule has 1 atom stereocenters. The number of hydrogen-bond donors (Lipinski definition) is 1. The lowest BCUT2D eigenvalue weighted by Gasteiger charge is -2.11. The first kappa shape index (κ1) is 15.6. The van der Waals surface area contributed by atoms with E-state index in [2.05, 4.69) is 5.10 Å². The minimum Gasteiger partial charge on any atom is -0.382 e. The monoisotopic (exact) mass is 321 g/mol. The van der Waals surface area contributed by atoms with Crippen molar-refractivity contribution in [1.82, 2.24) is 9.78 Å². The Bertz CT molecular complexity index is 683. The third kappa shape index (κ3) is 3.46. The number of nitrogens with two attached hydrogens (primary N) is 1. The van der Waals surface area contributed by atoms with E-state index in [-0.39, 0.29) is 28.5 Å². The van der Waals surface area contributed by atoms with Crippen molar-refractivity contribution in [3.8, 4) is 0 Å². The minimum absolute atomic E-state index is 0.0477. The molecule has 0 saturated carbocycles. The minimum atomic E-state index is -4.40. The summed E-state index contributed by atoms with van der Waals surface area (Å²) in [5.74, 6) is -2.55. The van der Waals surface area contributed by atoms with Gasteiger partial charge in [-0.3, -0.25) is 4.79 Å². The molecular formula is C12H11F4N3OS. The number of carbonyl (C=O) groups excluding carboxylic acids is 1. The van der Waals surface area contributed by atoms with Crippen LogP contribution in [0.25, 0.3) is 10.9 Å². The topological polar surface area (TPSA) is 60.9 Å². The first-order valence-corrected chi connectivity index (χ1v) is 6.86. The number of anilines is 1. The van der Waals surface area contributed by atoms with E-state index in [0.29, 0.717) is 0 Å². The van der Waals surface area contributed by atoms with Crippen molar-refractivity contribution in [2.45, 2.75) is 12.4 Å². The highest BCUT2D eigenvalue weighted by molar-refractivity contribution is 8.00. The van der Waals surface area contributed by atoms with Crippen molar-refractivity contribution < 1.29 is 22.4 Å². The summed E-state index contributed by atoms with van der Waals surface area (Å²) >= 11 is -0.274. The summed E-state index contributed by atoms with van der Waals surface area (Å²) in [6, 6.07) is 3.56. The normalized spacial score (nSPS) is 13.6. The molecule has 0 bridgehead atoms. The maximum Gasteiger partial charge on any atom is 0.441 e. The maximum atomic E-state index is 13.1. The quantitative estimate of drug-likeness (QED) is 0.881. The highest BCUT2D eigenvalue weighted by Gasteiger charge is 2.31. The predicted molar refractivity (Wildman–Crippen MR) is 72.4 cm³/mol. The van der Waals surface area contributed by atoms with Crippen molar-refractivity contribution in [1.29, 1.82) is 0 Å². The van der Waals surface area contributed by atoms with Gasteiger partial charge in [0.25, 0.3) is 5.91 Å². The molecule has 21 heavy (non-hydrogen) atoms. The summed E-state index contributed by atoms with van der Waals surface area (Å²) < 4.78 is 50.5. The molecule has 1 heterocycles. The Kier molecular flexibility index (Phi) is 4.13. The molecule has 0 spiro atoms. The van der Waals surface area contributed by atoms with Crippen LogP contribution >= 0.6 is 11.8 Å². The van der Waals surface area contributed by atoms with Crippen molar-refractivity contribution in [3.05, 3.63) is 24.0 Å². The smallest absolute Gasteiger partial charge is 0.382 e. The number of fused-ring (bicyclic) bond motifs is 1. The first-order valence-electron chi connectivity index (χ1n) is 5.87. The third-order valence-electron chi connectivity index (χ3n) is 2.80. The predicted octanol–water partition coefficient (Wildman–Crippen LogP) is 3.29. The van der Waals surface area contributed by atoms with Gasteiger partial charge in [0.2, 0.25) is 0 Å². The molecule has 2 aromatic rings. The standard InChI is InChI=1S/C12H11F4N3OS/c1-6(5-21-12(14,15)16)11(20)19-9-3-2-7(13)4-8(9)10(17)18-19/h2-4,6H,5H2,1H3,(H2,17,18). The van der Waals surface area contributed by atoms with Crippen LogP contribution in [0.15, 0.2) is 18.2 Å². The number of benzene rings is 1. The Hall–Kier alpha value is -1.77. The van der Waals surface area contributed by atoms with Gasteiger partial charge in [-0.15, -0.1) is 5.10 Å². The Morgan fingerprint density at radius 1 is 1.48 bits per heavy atom. The van der Waals surface area contributed by atoms with E-state index < -0.39 is 28.9 Å². The second kappa shape index (κ2) is 5.55. The third-order valence-corrected chi connectivity index (χ3v) is 3.79. The van der Waals surface area contributed by atoms with Crippen molar-refractivity contribution in [2.24, 2.45) is 5.92 Å². The molecule has 1 aromatic carbocycles. The summed E-state index contributed by atoms with van der Waals surface area (Å²) in [6.45, 7) is 1.37.